The van der Waals surface area contributed by atoms with Crippen LogP contribution in [0.2, 0.25) is 0 Å². The molecule has 0 atom stereocenters. The van der Waals surface area contributed by atoms with Crippen molar-refractivity contribution >= 4 is 75.5 Å². The molecule has 0 saturated carbocycles. The predicted molar refractivity (Wildman–Crippen MR) is 174 cm³/mol. The number of aromatic nitrogens is 1. The summed E-state index contributed by atoms with van der Waals surface area (Å²) in [5, 5.41) is 14.0. The monoisotopic (exact) mass is 525 g/mol. The number of hydrogen-bond acceptors (Lipinski definition) is 1. The summed E-state index contributed by atoms with van der Waals surface area (Å²) < 4.78 is 3.76. The van der Waals surface area contributed by atoms with E-state index in [1.165, 1.54) is 81.0 Å². The molecule has 7 aromatic carbocycles. The van der Waals surface area contributed by atoms with Gasteiger partial charge in [-0.1, -0.05) is 97.1 Å². The Balaban J connectivity index is 1.25. The molecule has 0 spiro atoms. The minimum atomic E-state index is 1.19. The summed E-state index contributed by atoms with van der Waals surface area (Å²) in [6.45, 7) is 0. The van der Waals surface area contributed by atoms with Gasteiger partial charge in [-0.05, 0) is 85.2 Å². The molecule has 0 aliphatic heterocycles. The van der Waals surface area contributed by atoms with E-state index >= 15 is 0 Å². The number of nitrogens with zero attached hydrogens (tertiary/aromatic N) is 1. The van der Waals surface area contributed by atoms with Gasteiger partial charge >= 0.3 is 0 Å². The lowest BCUT2D eigenvalue weighted by Gasteiger charge is -2.13. The van der Waals surface area contributed by atoms with E-state index in [1.807, 2.05) is 0 Å². The molecule has 2 heterocycles. The molecule has 9 rings (SSSR count). The predicted octanol–water partition coefficient (Wildman–Crippen LogP) is 11.1. The van der Waals surface area contributed by atoms with Crippen LogP contribution in [0, 0.1) is 0 Å². The van der Waals surface area contributed by atoms with Crippen LogP contribution in [0.25, 0.3) is 81.0 Å². The molecular formula is C38H23NS. The summed E-state index contributed by atoms with van der Waals surface area (Å²) in [5.74, 6) is 0. The minimum Gasteiger partial charge on any atom is -0.309 e. The summed E-state index contributed by atoms with van der Waals surface area (Å²) in [4.78, 5) is 0. The molecule has 9 aromatic rings. The van der Waals surface area contributed by atoms with Gasteiger partial charge in [0.1, 0.15) is 0 Å². The number of rotatable bonds is 2. The van der Waals surface area contributed by atoms with E-state index in [4.69, 9.17) is 0 Å². The van der Waals surface area contributed by atoms with E-state index in [9.17, 15) is 0 Å². The number of hydrogen-bond donors (Lipinski definition) is 0. The number of para-hydroxylation sites is 1. The van der Waals surface area contributed by atoms with Gasteiger partial charge in [-0.25, -0.2) is 0 Å². The maximum atomic E-state index is 2.43. The van der Waals surface area contributed by atoms with Crippen LogP contribution in [0.4, 0.5) is 0 Å². The number of fused-ring (bicyclic) bond motifs is 11. The molecule has 0 N–H and O–H groups in total. The molecule has 40 heavy (non-hydrogen) atoms. The van der Waals surface area contributed by atoms with Crippen molar-refractivity contribution in [3.8, 4) is 16.8 Å². The second kappa shape index (κ2) is 8.29. The van der Waals surface area contributed by atoms with E-state index < -0.39 is 0 Å². The number of thiophene rings is 1. The second-order valence-electron chi connectivity index (χ2n) is 10.5. The topological polar surface area (TPSA) is 4.93 Å². The molecule has 0 unspecified atom stereocenters. The van der Waals surface area contributed by atoms with Gasteiger partial charge in [0.2, 0.25) is 0 Å². The lowest BCUT2D eigenvalue weighted by Crippen LogP contribution is -1.94. The summed E-state index contributed by atoms with van der Waals surface area (Å²) in [7, 11) is 0. The number of benzene rings is 7. The minimum absolute atomic E-state index is 1.19. The molecule has 0 amide bonds. The first-order valence-electron chi connectivity index (χ1n) is 13.7. The molecule has 1 nitrogen and oxygen atoms in total. The highest BCUT2D eigenvalue weighted by Gasteiger charge is 2.15. The van der Waals surface area contributed by atoms with Crippen LogP contribution < -0.4 is 0 Å². The van der Waals surface area contributed by atoms with E-state index in [2.05, 4.69) is 143 Å². The Kier molecular flexibility index (Phi) is 4.55. The fourth-order valence-corrected chi connectivity index (χ4v) is 7.45. The first kappa shape index (κ1) is 22.0. The van der Waals surface area contributed by atoms with E-state index in [0.717, 1.165) is 0 Å². The molecule has 186 valence electrons. The molecular weight excluding hydrogens is 502 g/mol. The van der Waals surface area contributed by atoms with Gasteiger partial charge in [0.15, 0.2) is 0 Å². The Bertz CT molecular complexity index is 2390. The van der Waals surface area contributed by atoms with Gasteiger partial charge in [-0.3, -0.25) is 0 Å². The van der Waals surface area contributed by atoms with Crippen LogP contribution in [-0.2, 0) is 0 Å². The largest absolute Gasteiger partial charge is 0.309 e. The van der Waals surface area contributed by atoms with Gasteiger partial charge in [0.05, 0.1) is 11.0 Å². The molecule has 0 saturated heterocycles. The van der Waals surface area contributed by atoms with Crippen LogP contribution >= 0.6 is 11.3 Å². The van der Waals surface area contributed by atoms with Crippen LogP contribution in [0.1, 0.15) is 0 Å². The van der Waals surface area contributed by atoms with E-state index in [1.54, 1.807) is 11.3 Å². The zero-order chi connectivity index (χ0) is 26.2. The van der Waals surface area contributed by atoms with Crippen LogP contribution in [0.5, 0.6) is 0 Å². The SMILES string of the molecule is c1ccc2c(c1)c1ccccc1c1cc(-c3ccc(-n4c5ccccc5c5ccc6sccc6c54)cc3)ccc21. The maximum absolute atomic E-state index is 2.43. The fraction of sp³-hybridized carbons (Fsp3) is 0. The van der Waals surface area contributed by atoms with Gasteiger partial charge in [0, 0.05) is 26.5 Å². The summed E-state index contributed by atoms with van der Waals surface area (Å²) >= 11 is 1.80. The molecule has 0 aliphatic carbocycles. The fourth-order valence-electron chi connectivity index (χ4n) is 6.66. The highest BCUT2D eigenvalue weighted by Crippen LogP contribution is 2.40. The van der Waals surface area contributed by atoms with Gasteiger partial charge < -0.3 is 4.57 Å². The van der Waals surface area contributed by atoms with Crippen molar-refractivity contribution in [2.45, 2.75) is 0 Å². The lowest BCUT2D eigenvalue weighted by molar-refractivity contribution is 1.19. The summed E-state index contributed by atoms with van der Waals surface area (Å²) in [6, 6.07) is 49.1. The molecule has 2 heteroatoms. The zero-order valence-corrected chi connectivity index (χ0v) is 22.5. The highest BCUT2D eigenvalue weighted by molar-refractivity contribution is 7.17. The van der Waals surface area contributed by atoms with E-state index in [-0.39, 0.29) is 0 Å². The van der Waals surface area contributed by atoms with Gasteiger partial charge in [-0.15, -0.1) is 11.3 Å². The molecule has 2 aromatic heterocycles. The van der Waals surface area contributed by atoms with Crippen molar-refractivity contribution in [2.75, 3.05) is 0 Å². The smallest absolute Gasteiger partial charge is 0.0627 e. The lowest BCUT2D eigenvalue weighted by atomic mass is 9.92. The van der Waals surface area contributed by atoms with Crippen molar-refractivity contribution < 1.29 is 0 Å². The van der Waals surface area contributed by atoms with Crippen LogP contribution in [0.3, 0.4) is 0 Å². The molecule has 0 radical (unpaired) electrons. The van der Waals surface area contributed by atoms with Crippen molar-refractivity contribution in [1.82, 2.24) is 4.57 Å². The van der Waals surface area contributed by atoms with Crippen molar-refractivity contribution in [3.05, 3.63) is 139 Å². The Labute approximate surface area is 235 Å². The Hall–Kier alpha value is -4.92. The maximum Gasteiger partial charge on any atom is 0.0627 e. The third-order valence-electron chi connectivity index (χ3n) is 8.47. The van der Waals surface area contributed by atoms with Gasteiger partial charge in [-0.2, -0.15) is 0 Å². The standard InChI is InChI=1S/C38H23NS/c1-2-9-29-27(7-1)28-8-3-4-10-30(28)35-23-25(15-18-31(29)35)24-13-16-26(17-14-24)39-36-12-6-5-11-32(36)33-19-20-37-34(38(33)39)21-22-40-37/h1-23H. The van der Waals surface area contributed by atoms with Crippen LogP contribution in [-0.4, -0.2) is 4.57 Å². The van der Waals surface area contributed by atoms with E-state index in [0.29, 0.717) is 0 Å². The van der Waals surface area contributed by atoms with Gasteiger partial charge in [0.25, 0.3) is 0 Å². The van der Waals surface area contributed by atoms with Crippen molar-refractivity contribution in [3.63, 3.8) is 0 Å². The summed E-state index contributed by atoms with van der Waals surface area (Å²) in [5.41, 5.74) is 6.18. The normalized spacial score (nSPS) is 12.0. The molecule has 0 bridgehead atoms. The first-order valence-corrected chi connectivity index (χ1v) is 14.6. The Morgan fingerprint density at radius 2 is 0.975 bits per heavy atom. The average Bonchev–Trinajstić information content (AvgIpc) is 3.64. The Morgan fingerprint density at radius 3 is 1.70 bits per heavy atom. The average molecular weight is 526 g/mol. The Morgan fingerprint density at radius 1 is 0.400 bits per heavy atom. The molecule has 0 fully saturated rings. The summed E-state index contributed by atoms with van der Waals surface area (Å²) in [6.07, 6.45) is 0. The first-order chi connectivity index (χ1) is 19.8. The van der Waals surface area contributed by atoms with Crippen molar-refractivity contribution in [1.29, 1.82) is 0 Å². The highest BCUT2D eigenvalue weighted by atomic mass is 32.1. The third kappa shape index (κ3) is 3.03. The molecule has 0 aliphatic rings. The second-order valence-corrected chi connectivity index (χ2v) is 11.5. The van der Waals surface area contributed by atoms with Crippen LogP contribution in [0.15, 0.2) is 139 Å². The third-order valence-corrected chi connectivity index (χ3v) is 9.35. The quantitative estimate of drug-likeness (QED) is 0.198. The zero-order valence-electron chi connectivity index (χ0n) is 21.6. The van der Waals surface area contributed by atoms with Crippen molar-refractivity contribution in [2.24, 2.45) is 0 Å².